The van der Waals surface area contributed by atoms with Crippen LogP contribution in [0, 0.1) is 5.41 Å². The van der Waals surface area contributed by atoms with Crippen LogP contribution in [0.15, 0.2) is 0 Å². The van der Waals surface area contributed by atoms with Gasteiger partial charge in [0, 0.05) is 6.42 Å². The van der Waals surface area contributed by atoms with Gasteiger partial charge in [0.25, 0.3) is 0 Å². The Morgan fingerprint density at radius 1 is 1.20 bits per heavy atom. The lowest BCUT2D eigenvalue weighted by atomic mass is 9.71. The Hall–Kier alpha value is -0.320. The third-order valence-electron chi connectivity index (χ3n) is 4.83. The van der Waals surface area contributed by atoms with Crippen molar-refractivity contribution >= 4 is 18.3 Å². The number of amides is 1. The van der Waals surface area contributed by atoms with Gasteiger partial charge in [-0.15, -0.1) is 12.4 Å². The van der Waals surface area contributed by atoms with Gasteiger partial charge < -0.3 is 15.4 Å². The van der Waals surface area contributed by atoms with Gasteiger partial charge in [-0.2, -0.15) is 0 Å². The smallest absolute Gasteiger partial charge is 0.223 e. The molecule has 0 bridgehead atoms. The van der Waals surface area contributed by atoms with Crippen molar-refractivity contribution in [2.24, 2.45) is 11.1 Å². The van der Waals surface area contributed by atoms with Crippen LogP contribution in [0.2, 0.25) is 0 Å². The van der Waals surface area contributed by atoms with E-state index in [9.17, 15) is 4.79 Å². The highest BCUT2D eigenvalue weighted by Gasteiger charge is 2.37. The molecule has 5 heteroatoms. The lowest BCUT2D eigenvalue weighted by Gasteiger charge is -2.42. The van der Waals surface area contributed by atoms with Gasteiger partial charge in [0.2, 0.25) is 5.91 Å². The van der Waals surface area contributed by atoms with Crippen molar-refractivity contribution in [3.05, 3.63) is 0 Å². The number of morpholine rings is 1. The van der Waals surface area contributed by atoms with Crippen molar-refractivity contribution in [1.82, 2.24) is 4.90 Å². The maximum atomic E-state index is 12.7. The summed E-state index contributed by atoms with van der Waals surface area (Å²) in [6, 6.07) is 0.379. The summed E-state index contributed by atoms with van der Waals surface area (Å²) >= 11 is 0. The van der Waals surface area contributed by atoms with Gasteiger partial charge >= 0.3 is 0 Å². The molecule has 1 amide bonds. The zero-order valence-corrected chi connectivity index (χ0v) is 13.6. The molecule has 0 aromatic heterocycles. The fourth-order valence-electron chi connectivity index (χ4n) is 3.66. The van der Waals surface area contributed by atoms with E-state index in [1.165, 1.54) is 19.3 Å². The maximum Gasteiger partial charge on any atom is 0.223 e. The van der Waals surface area contributed by atoms with Crippen molar-refractivity contribution in [2.75, 3.05) is 19.8 Å². The third-order valence-corrected chi connectivity index (χ3v) is 4.83. The van der Waals surface area contributed by atoms with E-state index in [2.05, 4.69) is 13.8 Å². The summed E-state index contributed by atoms with van der Waals surface area (Å²) in [6.45, 7) is 6.11. The zero-order chi connectivity index (χ0) is 13.9. The molecular weight excluding hydrogens is 276 g/mol. The van der Waals surface area contributed by atoms with E-state index >= 15 is 0 Å². The monoisotopic (exact) mass is 304 g/mol. The normalized spacial score (nSPS) is 29.6. The minimum atomic E-state index is 0. The fraction of sp³-hybridized carbons (Fsp3) is 0.933. The molecule has 4 nitrogen and oxygen atoms in total. The Kier molecular flexibility index (Phi) is 6.76. The standard InChI is InChI=1S/C15H28N2O2.ClH/c1-12-9-19-10-13(2)17(12)14(18)8-15(11-16)6-4-3-5-7-15;/h12-13H,3-11,16H2,1-2H3;1H. The van der Waals surface area contributed by atoms with E-state index in [0.29, 0.717) is 26.2 Å². The van der Waals surface area contributed by atoms with Gasteiger partial charge in [0.15, 0.2) is 0 Å². The quantitative estimate of drug-likeness (QED) is 0.871. The predicted octanol–water partition coefficient (Wildman–Crippen LogP) is 2.34. The third kappa shape index (κ3) is 3.86. The van der Waals surface area contributed by atoms with Crippen molar-refractivity contribution in [3.8, 4) is 0 Å². The SMILES string of the molecule is CC1COCC(C)N1C(=O)CC1(CN)CCCCC1.Cl. The first-order chi connectivity index (χ1) is 9.08. The molecule has 20 heavy (non-hydrogen) atoms. The molecule has 1 saturated carbocycles. The van der Waals surface area contributed by atoms with E-state index < -0.39 is 0 Å². The first kappa shape index (κ1) is 17.7. The van der Waals surface area contributed by atoms with E-state index in [0.717, 1.165) is 12.8 Å². The van der Waals surface area contributed by atoms with E-state index in [1.54, 1.807) is 0 Å². The molecule has 0 radical (unpaired) electrons. The molecule has 2 N–H and O–H groups in total. The molecule has 1 heterocycles. The minimum absolute atomic E-state index is 0. The second-order valence-electron chi connectivity index (χ2n) is 6.48. The highest BCUT2D eigenvalue weighted by atomic mass is 35.5. The van der Waals surface area contributed by atoms with Crippen LogP contribution >= 0.6 is 12.4 Å². The molecule has 118 valence electrons. The largest absolute Gasteiger partial charge is 0.377 e. The number of rotatable bonds is 3. The first-order valence-corrected chi connectivity index (χ1v) is 7.67. The fourth-order valence-corrected chi connectivity index (χ4v) is 3.66. The molecule has 1 aliphatic carbocycles. The van der Waals surface area contributed by atoms with E-state index in [1.807, 2.05) is 4.90 Å². The lowest BCUT2D eigenvalue weighted by Crippen LogP contribution is -2.54. The summed E-state index contributed by atoms with van der Waals surface area (Å²) in [7, 11) is 0. The lowest BCUT2D eigenvalue weighted by molar-refractivity contribution is -0.147. The number of nitrogens with zero attached hydrogens (tertiary/aromatic N) is 1. The van der Waals surface area contributed by atoms with Crippen LogP contribution in [0.5, 0.6) is 0 Å². The van der Waals surface area contributed by atoms with Gasteiger partial charge in [-0.25, -0.2) is 0 Å². The Morgan fingerprint density at radius 3 is 2.25 bits per heavy atom. The van der Waals surface area contributed by atoms with Crippen LogP contribution in [-0.2, 0) is 9.53 Å². The van der Waals surface area contributed by atoms with Crippen molar-refractivity contribution < 1.29 is 9.53 Å². The maximum absolute atomic E-state index is 12.7. The zero-order valence-electron chi connectivity index (χ0n) is 12.8. The first-order valence-electron chi connectivity index (χ1n) is 7.67. The molecule has 0 spiro atoms. The number of ether oxygens (including phenoxy) is 1. The summed E-state index contributed by atoms with van der Waals surface area (Å²) in [5.74, 6) is 0.274. The second-order valence-corrected chi connectivity index (χ2v) is 6.48. The Balaban J connectivity index is 0.00000200. The van der Waals surface area contributed by atoms with E-state index in [-0.39, 0.29) is 35.8 Å². The number of halogens is 1. The predicted molar refractivity (Wildman–Crippen MR) is 83.0 cm³/mol. The number of hydrogen-bond donors (Lipinski definition) is 1. The van der Waals surface area contributed by atoms with Gasteiger partial charge in [0.05, 0.1) is 25.3 Å². The van der Waals surface area contributed by atoms with Crippen LogP contribution in [0.25, 0.3) is 0 Å². The summed E-state index contributed by atoms with van der Waals surface area (Å²) in [5.41, 5.74) is 6.05. The van der Waals surface area contributed by atoms with E-state index in [4.69, 9.17) is 10.5 Å². The molecule has 2 unspecified atom stereocenters. The highest BCUT2D eigenvalue weighted by Crippen LogP contribution is 2.39. The van der Waals surface area contributed by atoms with Crippen LogP contribution in [0.1, 0.15) is 52.4 Å². The number of hydrogen-bond acceptors (Lipinski definition) is 3. The summed E-state index contributed by atoms with van der Waals surface area (Å²) < 4.78 is 5.50. The Labute approximate surface area is 128 Å². The van der Waals surface area contributed by atoms with Gasteiger partial charge in [0.1, 0.15) is 0 Å². The number of nitrogens with two attached hydrogens (primary N) is 1. The molecule has 0 aromatic carbocycles. The van der Waals surface area contributed by atoms with Crippen molar-refractivity contribution in [2.45, 2.75) is 64.5 Å². The van der Waals surface area contributed by atoms with Crippen molar-refractivity contribution in [3.63, 3.8) is 0 Å². The van der Waals surface area contributed by atoms with Crippen LogP contribution in [0.4, 0.5) is 0 Å². The van der Waals surface area contributed by atoms with Gasteiger partial charge in [-0.05, 0) is 38.6 Å². The average Bonchev–Trinajstić information content (AvgIpc) is 2.39. The van der Waals surface area contributed by atoms with Crippen LogP contribution < -0.4 is 5.73 Å². The van der Waals surface area contributed by atoms with Gasteiger partial charge in [-0.1, -0.05) is 19.3 Å². The molecular formula is C15H29ClN2O2. The summed E-state index contributed by atoms with van der Waals surface area (Å²) in [4.78, 5) is 14.7. The Morgan fingerprint density at radius 2 is 1.75 bits per heavy atom. The molecule has 2 fully saturated rings. The van der Waals surface area contributed by atoms with Crippen molar-refractivity contribution in [1.29, 1.82) is 0 Å². The van der Waals surface area contributed by atoms with Crippen LogP contribution in [-0.4, -0.2) is 42.6 Å². The molecule has 1 aliphatic heterocycles. The molecule has 2 atom stereocenters. The van der Waals surface area contributed by atoms with Gasteiger partial charge in [-0.3, -0.25) is 4.79 Å². The Bertz CT molecular complexity index is 309. The summed E-state index contributed by atoms with van der Waals surface area (Å²) in [6.07, 6.45) is 6.58. The minimum Gasteiger partial charge on any atom is -0.377 e. The molecule has 0 aromatic rings. The molecule has 1 saturated heterocycles. The van der Waals surface area contributed by atoms with Crippen LogP contribution in [0.3, 0.4) is 0 Å². The number of carbonyl (C=O) groups is 1. The number of carbonyl (C=O) groups excluding carboxylic acids is 1. The highest BCUT2D eigenvalue weighted by molar-refractivity contribution is 5.85. The molecule has 2 rings (SSSR count). The summed E-state index contributed by atoms with van der Waals surface area (Å²) in [5, 5.41) is 0. The topological polar surface area (TPSA) is 55.6 Å². The molecule has 2 aliphatic rings. The average molecular weight is 305 g/mol. The second kappa shape index (κ2) is 7.62.